The van der Waals surface area contributed by atoms with Gasteiger partial charge in [-0.3, -0.25) is 4.79 Å². The van der Waals surface area contributed by atoms with E-state index in [1.807, 2.05) is 0 Å². The van der Waals surface area contributed by atoms with E-state index >= 15 is 0 Å². The minimum absolute atomic E-state index is 0.0592. The monoisotopic (exact) mass is 267 g/mol. The van der Waals surface area contributed by atoms with Crippen molar-refractivity contribution in [2.24, 2.45) is 5.92 Å². The molecule has 2 unspecified atom stereocenters. The first-order valence-corrected chi connectivity index (χ1v) is 6.40. The molecule has 2 N–H and O–H groups in total. The highest BCUT2D eigenvalue weighted by atomic mass is 19.1. The van der Waals surface area contributed by atoms with E-state index in [-0.39, 0.29) is 17.8 Å². The third kappa shape index (κ3) is 3.44. The Morgan fingerprint density at radius 2 is 2.32 bits per heavy atom. The standard InChI is InChI=1S/C14H18FNO3/c1-19-13-7-10(3-5-12(13)15)14(18)16-8-9-2-4-11(17)6-9/h3,5,7,9,11,17H,2,4,6,8H2,1H3,(H,16,18). The molecule has 0 radical (unpaired) electrons. The number of ether oxygens (including phenoxy) is 1. The van der Waals surface area contributed by atoms with Crippen LogP contribution >= 0.6 is 0 Å². The number of carbonyl (C=O) groups is 1. The number of halogens is 1. The summed E-state index contributed by atoms with van der Waals surface area (Å²) in [5.41, 5.74) is 0.372. The maximum atomic E-state index is 13.2. The number of nitrogens with one attached hydrogen (secondary N) is 1. The molecule has 0 bridgehead atoms. The Morgan fingerprint density at radius 3 is 2.95 bits per heavy atom. The zero-order valence-corrected chi connectivity index (χ0v) is 10.9. The fourth-order valence-corrected chi connectivity index (χ4v) is 2.37. The highest BCUT2D eigenvalue weighted by molar-refractivity contribution is 5.94. The van der Waals surface area contributed by atoms with Crippen molar-refractivity contribution < 1.29 is 19.0 Å². The van der Waals surface area contributed by atoms with E-state index < -0.39 is 5.82 Å². The topological polar surface area (TPSA) is 58.6 Å². The Labute approximate surface area is 111 Å². The molecule has 0 heterocycles. The van der Waals surface area contributed by atoms with Crippen LogP contribution in [0.15, 0.2) is 18.2 Å². The van der Waals surface area contributed by atoms with Crippen molar-refractivity contribution in [2.45, 2.75) is 25.4 Å². The van der Waals surface area contributed by atoms with Gasteiger partial charge in [-0.25, -0.2) is 4.39 Å². The summed E-state index contributed by atoms with van der Waals surface area (Å²) < 4.78 is 18.1. The molecule has 1 saturated carbocycles. The summed E-state index contributed by atoms with van der Waals surface area (Å²) >= 11 is 0. The number of amides is 1. The summed E-state index contributed by atoms with van der Waals surface area (Å²) in [6, 6.07) is 4.03. The van der Waals surface area contributed by atoms with E-state index in [2.05, 4.69) is 5.32 Å². The average Bonchev–Trinajstić information content (AvgIpc) is 2.82. The summed E-state index contributed by atoms with van der Waals surface area (Å²) in [6.45, 7) is 0.537. The fourth-order valence-electron chi connectivity index (χ4n) is 2.37. The van der Waals surface area contributed by atoms with Crippen molar-refractivity contribution in [3.05, 3.63) is 29.6 Å². The lowest BCUT2D eigenvalue weighted by atomic mass is 10.1. The average molecular weight is 267 g/mol. The largest absolute Gasteiger partial charge is 0.494 e. The first kappa shape index (κ1) is 13.8. The van der Waals surface area contributed by atoms with Gasteiger partial charge in [0.2, 0.25) is 0 Å². The lowest BCUT2D eigenvalue weighted by Crippen LogP contribution is -2.28. The van der Waals surface area contributed by atoms with Crippen molar-refractivity contribution in [1.82, 2.24) is 5.32 Å². The third-order valence-corrected chi connectivity index (χ3v) is 3.48. The summed E-state index contributed by atoms with van der Waals surface area (Å²) in [5, 5.41) is 12.2. The molecule has 2 rings (SSSR count). The van der Waals surface area contributed by atoms with Crippen LogP contribution in [0.3, 0.4) is 0 Å². The lowest BCUT2D eigenvalue weighted by Gasteiger charge is -2.11. The van der Waals surface area contributed by atoms with Crippen molar-refractivity contribution in [3.8, 4) is 5.75 Å². The van der Waals surface area contributed by atoms with Crippen LogP contribution in [0.1, 0.15) is 29.6 Å². The first-order valence-electron chi connectivity index (χ1n) is 6.40. The molecule has 1 amide bonds. The highest BCUT2D eigenvalue weighted by Gasteiger charge is 2.23. The zero-order valence-electron chi connectivity index (χ0n) is 10.9. The van der Waals surface area contributed by atoms with Crippen LogP contribution < -0.4 is 10.1 Å². The van der Waals surface area contributed by atoms with Crippen LogP contribution in [0.5, 0.6) is 5.75 Å². The molecular formula is C14H18FNO3. The van der Waals surface area contributed by atoms with Gasteiger partial charge in [0.15, 0.2) is 11.6 Å². The van der Waals surface area contributed by atoms with E-state index in [4.69, 9.17) is 4.74 Å². The van der Waals surface area contributed by atoms with Gasteiger partial charge in [0.25, 0.3) is 5.91 Å². The van der Waals surface area contributed by atoms with Crippen LogP contribution in [0.4, 0.5) is 4.39 Å². The summed E-state index contributed by atoms with van der Waals surface area (Å²) in [5.74, 6) is -0.358. The third-order valence-electron chi connectivity index (χ3n) is 3.48. The van der Waals surface area contributed by atoms with Crippen LogP contribution in [0, 0.1) is 11.7 Å². The number of benzene rings is 1. The minimum atomic E-state index is -0.488. The Morgan fingerprint density at radius 1 is 1.53 bits per heavy atom. The predicted octanol–water partition coefficient (Wildman–Crippen LogP) is 1.73. The van der Waals surface area contributed by atoms with E-state index in [1.165, 1.54) is 25.3 Å². The molecule has 1 fully saturated rings. The second-order valence-electron chi connectivity index (χ2n) is 4.89. The van der Waals surface area contributed by atoms with Gasteiger partial charge in [-0.05, 0) is 43.4 Å². The van der Waals surface area contributed by atoms with Crippen molar-refractivity contribution in [3.63, 3.8) is 0 Å². The Kier molecular flexibility index (Phi) is 4.37. The number of hydrogen-bond donors (Lipinski definition) is 2. The molecule has 0 aromatic heterocycles. The summed E-state index contributed by atoms with van der Waals surface area (Å²) in [7, 11) is 1.36. The Balaban J connectivity index is 1.92. The molecule has 5 heteroatoms. The molecule has 1 aliphatic rings. The van der Waals surface area contributed by atoms with Gasteiger partial charge >= 0.3 is 0 Å². The van der Waals surface area contributed by atoms with Gasteiger partial charge in [-0.2, -0.15) is 0 Å². The molecule has 1 aromatic carbocycles. The van der Waals surface area contributed by atoms with Gasteiger partial charge in [-0.1, -0.05) is 0 Å². The van der Waals surface area contributed by atoms with E-state index in [9.17, 15) is 14.3 Å². The second-order valence-corrected chi connectivity index (χ2v) is 4.89. The molecule has 1 aromatic rings. The fraction of sp³-hybridized carbons (Fsp3) is 0.500. The van der Waals surface area contributed by atoms with Crippen LogP contribution in [-0.2, 0) is 0 Å². The van der Waals surface area contributed by atoms with Gasteiger partial charge in [0, 0.05) is 12.1 Å². The maximum Gasteiger partial charge on any atom is 0.251 e. The molecule has 4 nitrogen and oxygen atoms in total. The van der Waals surface area contributed by atoms with Crippen molar-refractivity contribution in [2.75, 3.05) is 13.7 Å². The lowest BCUT2D eigenvalue weighted by molar-refractivity contribution is 0.0944. The number of methoxy groups -OCH3 is 1. The number of rotatable bonds is 4. The van der Waals surface area contributed by atoms with Gasteiger partial charge in [0.1, 0.15) is 0 Å². The summed E-state index contributed by atoms with van der Waals surface area (Å²) in [4.78, 5) is 11.9. The number of carbonyl (C=O) groups excluding carboxylic acids is 1. The van der Waals surface area contributed by atoms with Gasteiger partial charge < -0.3 is 15.2 Å². The predicted molar refractivity (Wildman–Crippen MR) is 68.6 cm³/mol. The Hall–Kier alpha value is -1.62. The molecule has 2 atom stereocenters. The van der Waals surface area contributed by atoms with E-state index in [0.717, 1.165) is 19.3 Å². The molecule has 0 saturated heterocycles. The second kappa shape index (κ2) is 6.02. The molecule has 0 spiro atoms. The first-order chi connectivity index (χ1) is 9.10. The molecule has 0 aliphatic heterocycles. The SMILES string of the molecule is COc1cc(C(=O)NCC2CCC(O)C2)ccc1F. The molecule has 104 valence electrons. The van der Waals surface area contributed by atoms with E-state index in [1.54, 1.807) is 0 Å². The van der Waals surface area contributed by atoms with Crippen LogP contribution in [0.2, 0.25) is 0 Å². The smallest absolute Gasteiger partial charge is 0.251 e. The normalized spacial score (nSPS) is 22.3. The molecular weight excluding hydrogens is 249 g/mol. The number of hydrogen-bond acceptors (Lipinski definition) is 3. The molecule has 1 aliphatic carbocycles. The van der Waals surface area contributed by atoms with Crippen molar-refractivity contribution >= 4 is 5.91 Å². The van der Waals surface area contributed by atoms with Gasteiger partial charge in [0.05, 0.1) is 13.2 Å². The number of aliphatic hydroxyl groups is 1. The number of aliphatic hydroxyl groups excluding tert-OH is 1. The van der Waals surface area contributed by atoms with Crippen LogP contribution in [0.25, 0.3) is 0 Å². The maximum absolute atomic E-state index is 13.2. The zero-order chi connectivity index (χ0) is 13.8. The van der Waals surface area contributed by atoms with E-state index in [0.29, 0.717) is 18.0 Å². The van der Waals surface area contributed by atoms with Crippen molar-refractivity contribution in [1.29, 1.82) is 0 Å². The Bertz CT molecular complexity index is 464. The molecule has 19 heavy (non-hydrogen) atoms. The highest BCUT2D eigenvalue weighted by Crippen LogP contribution is 2.24. The van der Waals surface area contributed by atoms with Crippen LogP contribution in [-0.4, -0.2) is 30.8 Å². The van der Waals surface area contributed by atoms with Gasteiger partial charge in [-0.15, -0.1) is 0 Å². The minimum Gasteiger partial charge on any atom is -0.494 e. The summed E-state index contributed by atoms with van der Waals surface area (Å²) in [6.07, 6.45) is 2.21. The quantitative estimate of drug-likeness (QED) is 0.873.